The highest BCUT2D eigenvalue weighted by molar-refractivity contribution is 7.99. The molecule has 0 saturated heterocycles. The molecule has 0 fully saturated rings. The Hall–Kier alpha value is -1.65. The van der Waals surface area contributed by atoms with Crippen LogP contribution in [0.2, 0.25) is 0 Å². The molecule has 0 amide bonds. The molecule has 2 rings (SSSR count). The van der Waals surface area contributed by atoms with Gasteiger partial charge < -0.3 is 15.2 Å². The normalized spacial score (nSPS) is 10.3. The van der Waals surface area contributed by atoms with Crippen LogP contribution in [0, 0.1) is 0 Å². The number of ether oxygens (including phenoxy) is 2. The number of nitrogens with two attached hydrogens (primary N) is 1. The molecule has 0 aliphatic heterocycles. The van der Waals surface area contributed by atoms with Gasteiger partial charge in [-0.2, -0.15) is 0 Å². The van der Waals surface area contributed by atoms with Gasteiger partial charge in [-0.25, -0.2) is 0 Å². The van der Waals surface area contributed by atoms with Crippen LogP contribution in [0.3, 0.4) is 0 Å². The van der Waals surface area contributed by atoms with E-state index in [2.05, 4.69) is 6.07 Å². The smallest absolute Gasteiger partial charge is 0.161 e. The number of benzene rings is 2. The van der Waals surface area contributed by atoms with Crippen LogP contribution in [0.5, 0.6) is 11.5 Å². The molecule has 2 N–H and O–H groups in total. The van der Waals surface area contributed by atoms with Crippen LogP contribution < -0.4 is 15.2 Å². The summed E-state index contributed by atoms with van der Waals surface area (Å²) in [6.45, 7) is 0.538. The summed E-state index contributed by atoms with van der Waals surface area (Å²) >= 11 is 1.67. The van der Waals surface area contributed by atoms with Gasteiger partial charge in [-0.3, -0.25) is 0 Å². The molecule has 0 bridgehead atoms. The fourth-order valence-corrected chi connectivity index (χ4v) is 2.76. The Bertz CT molecular complexity index is 558. The average molecular weight is 275 g/mol. The minimum atomic E-state index is 0.538. The van der Waals surface area contributed by atoms with Crippen molar-refractivity contribution in [2.24, 2.45) is 5.73 Å². The van der Waals surface area contributed by atoms with E-state index in [-0.39, 0.29) is 0 Å². The minimum absolute atomic E-state index is 0.538. The topological polar surface area (TPSA) is 44.5 Å². The molecule has 0 heterocycles. The third kappa shape index (κ3) is 3.22. The molecule has 2 aromatic carbocycles. The van der Waals surface area contributed by atoms with Gasteiger partial charge >= 0.3 is 0 Å². The molecule has 0 saturated carbocycles. The predicted molar refractivity (Wildman–Crippen MR) is 78.0 cm³/mol. The second-order valence-electron chi connectivity index (χ2n) is 3.93. The fraction of sp³-hybridized carbons (Fsp3) is 0.200. The summed E-state index contributed by atoms with van der Waals surface area (Å²) in [5, 5.41) is 0. The zero-order valence-electron chi connectivity index (χ0n) is 11.1. The first kappa shape index (κ1) is 13.8. The largest absolute Gasteiger partial charge is 0.493 e. The Labute approximate surface area is 117 Å². The van der Waals surface area contributed by atoms with Gasteiger partial charge in [0.05, 0.1) is 14.2 Å². The molecule has 100 valence electrons. The summed E-state index contributed by atoms with van der Waals surface area (Å²) in [4.78, 5) is 2.26. The van der Waals surface area contributed by atoms with Crippen molar-refractivity contribution in [1.29, 1.82) is 0 Å². The van der Waals surface area contributed by atoms with E-state index in [9.17, 15) is 0 Å². The van der Waals surface area contributed by atoms with Gasteiger partial charge in [0.2, 0.25) is 0 Å². The quantitative estimate of drug-likeness (QED) is 0.909. The van der Waals surface area contributed by atoms with Crippen molar-refractivity contribution in [3.63, 3.8) is 0 Å². The standard InChI is InChI=1S/C15H17NO2S/c1-17-13-8-7-12(9-14(13)18-2)19-15-6-4-3-5-11(15)10-16/h3-9H,10,16H2,1-2H3. The second-order valence-corrected chi connectivity index (χ2v) is 5.05. The van der Waals surface area contributed by atoms with Crippen LogP contribution in [-0.2, 0) is 6.54 Å². The van der Waals surface area contributed by atoms with E-state index in [0.717, 1.165) is 26.9 Å². The van der Waals surface area contributed by atoms with Crippen LogP contribution >= 0.6 is 11.8 Å². The van der Waals surface area contributed by atoms with Crippen molar-refractivity contribution in [1.82, 2.24) is 0 Å². The Kier molecular flexibility index (Phi) is 4.71. The lowest BCUT2D eigenvalue weighted by atomic mass is 10.2. The van der Waals surface area contributed by atoms with Gasteiger partial charge in [0.25, 0.3) is 0 Å². The molecule has 4 heteroatoms. The lowest BCUT2D eigenvalue weighted by molar-refractivity contribution is 0.354. The SMILES string of the molecule is COc1ccc(Sc2ccccc2CN)cc1OC. The maximum atomic E-state index is 5.75. The zero-order valence-corrected chi connectivity index (χ0v) is 11.9. The summed E-state index contributed by atoms with van der Waals surface area (Å²) in [6, 6.07) is 14.0. The predicted octanol–water partition coefficient (Wildman–Crippen LogP) is 3.31. The van der Waals surface area contributed by atoms with E-state index in [1.165, 1.54) is 0 Å². The molecular formula is C15H17NO2S. The van der Waals surface area contributed by atoms with E-state index >= 15 is 0 Å². The summed E-state index contributed by atoms with van der Waals surface area (Å²) in [7, 11) is 3.27. The van der Waals surface area contributed by atoms with E-state index < -0.39 is 0 Å². The number of rotatable bonds is 5. The van der Waals surface area contributed by atoms with Crippen LogP contribution in [-0.4, -0.2) is 14.2 Å². The monoisotopic (exact) mass is 275 g/mol. The van der Waals surface area contributed by atoms with Crippen molar-refractivity contribution in [2.45, 2.75) is 16.3 Å². The third-order valence-electron chi connectivity index (χ3n) is 2.78. The Morgan fingerprint density at radius 2 is 1.74 bits per heavy atom. The van der Waals surface area contributed by atoms with Gasteiger partial charge in [-0.1, -0.05) is 30.0 Å². The van der Waals surface area contributed by atoms with Crippen molar-refractivity contribution in [2.75, 3.05) is 14.2 Å². The molecule has 3 nitrogen and oxygen atoms in total. The first-order valence-electron chi connectivity index (χ1n) is 5.96. The van der Waals surface area contributed by atoms with Gasteiger partial charge in [0.1, 0.15) is 0 Å². The molecular weight excluding hydrogens is 258 g/mol. The highest BCUT2D eigenvalue weighted by atomic mass is 32.2. The molecule has 0 spiro atoms. The van der Waals surface area contributed by atoms with E-state index in [1.807, 2.05) is 36.4 Å². The first-order valence-corrected chi connectivity index (χ1v) is 6.78. The number of hydrogen-bond donors (Lipinski definition) is 1. The van der Waals surface area contributed by atoms with Gasteiger partial charge in [0, 0.05) is 16.3 Å². The van der Waals surface area contributed by atoms with Crippen LogP contribution in [0.4, 0.5) is 0 Å². The summed E-state index contributed by atoms with van der Waals surface area (Å²) in [5.41, 5.74) is 6.89. The van der Waals surface area contributed by atoms with Crippen LogP contribution in [0.25, 0.3) is 0 Å². The van der Waals surface area contributed by atoms with Crippen molar-refractivity contribution >= 4 is 11.8 Å². The van der Waals surface area contributed by atoms with Crippen molar-refractivity contribution in [3.05, 3.63) is 48.0 Å². The molecule has 19 heavy (non-hydrogen) atoms. The zero-order chi connectivity index (χ0) is 13.7. The highest BCUT2D eigenvalue weighted by Crippen LogP contribution is 2.36. The van der Waals surface area contributed by atoms with Crippen LogP contribution in [0.15, 0.2) is 52.3 Å². The molecule has 0 atom stereocenters. The van der Waals surface area contributed by atoms with E-state index in [0.29, 0.717) is 6.54 Å². The van der Waals surface area contributed by atoms with E-state index in [1.54, 1.807) is 26.0 Å². The molecule has 2 aromatic rings. The minimum Gasteiger partial charge on any atom is -0.493 e. The molecule has 0 unspecified atom stereocenters. The summed E-state index contributed by atoms with van der Waals surface area (Å²) in [6.07, 6.45) is 0. The molecule has 0 aromatic heterocycles. The number of hydrogen-bond acceptors (Lipinski definition) is 4. The first-order chi connectivity index (χ1) is 9.28. The van der Waals surface area contributed by atoms with Gasteiger partial charge in [-0.05, 0) is 29.8 Å². The summed E-state index contributed by atoms with van der Waals surface area (Å²) in [5.74, 6) is 1.47. The fourth-order valence-electron chi connectivity index (χ4n) is 1.78. The summed E-state index contributed by atoms with van der Waals surface area (Å²) < 4.78 is 10.5. The van der Waals surface area contributed by atoms with E-state index in [4.69, 9.17) is 15.2 Å². The van der Waals surface area contributed by atoms with Gasteiger partial charge in [0.15, 0.2) is 11.5 Å². The Morgan fingerprint density at radius 1 is 1.00 bits per heavy atom. The lowest BCUT2D eigenvalue weighted by Crippen LogP contribution is -1.97. The second kappa shape index (κ2) is 6.50. The van der Waals surface area contributed by atoms with Gasteiger partial charge in [-0.15, -0.1) is 0 Å². The van der Waals surface area contributed by atoms with Crippen molar-refractivity contribution < 1.29 is 9.47 Å². The maximum absolute atomic E-state index is 5.75. The Balaban J connectivity index is 2.28. The number of methoxy groups -OCH3 is 2. The molecule has 0 aliphatic carbocycles. The molecule has 0 radical (unpaired) electrons. The maximum Gasteiger partial charge on any atom is 0.161 e. The third-order valence-corrected chi connectivity index (χ3v) is 3.88. The van der Waals surface area contributed by atoms with Crippen molar-refractivity contribution in [3.8, 4) is 11.5 Å². The Morgan fingerprint density at radius 3 is 2.42 bits per heavy atom. The lowest BCUT2D eigenvalue weighted by Gasteiger charge is -2.11. The van der Waals surface area contributed by atoms with Crippen LogP contribution in [0.1, 0.15) is 5.56 Å². The highest BCUT2D eigenvalue weighted by Gasteiger charge is 2.07. The molecule has 0 aliphatic rings. The average Bonchev–Trinajstić information content (AvgIpc) is 2.47.